The molecule has 8 heteroatoms. The highest BCUT2D eigenvalue weighted by Gasteiger charge is 2.22. The van der Waals surface area contributed by atoms with Crippen molar-refractivity contribution in [2.24, 2.45) is 18.7 Å². The van der Waals surface area contributed by atoms with Gasteiger partial charge in [-0.15, -0.1) is 0 Å². The summed E-state index contributed by atoms with van der Waals surface area (Å²) in [5.74, 6) is 1.85. The van der Waals surface area contributed by atoms with E-state index in [4.69, 9.17) is 5.73 Å². The monoisotopic (exact) mass is 359 g/mol. The second-order valence-electron chi connectivity index (χ2n) is 7.39. The average molecular weight is 359 g/mol. The largest absolute Gasteiger partial charge is 0.369 e. The highest BCUT2D eigenvalue weighted by Crippen LogP contribution is 2.22. The van der Waals surface area contributed by atoms with Gasteiger partial charge in [-0.25, -0.2) is 9.97 Å². The first kappa shape index (κ1) is 18.6. The lowest BCUT2D eigenvalue weighted by atomic mass is 9.96. The molecule has 2 aromatic rings. The minimum absolute atomic E-state index is 0.0544. The minimum atomic E-state index is -0.156. The van der Waals surface area contributed by atoms with E-state index in [1.807, 2.05) is 13.2 Å². The SMILES string of the molecule is CC(C)c1nc(NCCCN2CCC(C(N)=O)CC2)c2cnn(C)c2n1. The molecule has 142 valence electrons. The quantitative estimate of drug-likeness (QED) is 0.726. The molecule has 0 aromatic carbocycles. The molecule has 3 heterocycles. The number of aromatic nitrogens is 4. The lowest BCUT2D eigenvalue weighted by molar-refractivity contribution is -0.123. The van der Waals surface area contributed by atoms with Crippen LogP contribution >= 0.6 is 0 Å². The Balaban J connectivity index is 1.54. The Bertz CT molecular complexity index is 762. The standard InChI is InChI=1S/C18H29N7O/c1-12(2)16-22-17(14-11-21-24(3)18(14)23-16)20-7-4-8-25-9-5-13(6-10-25)15(19)26/h11-13H,4-10H2,1-3H3,(H2,19,26)(H,20,22,23). The maximum Gasteiger partial charge on any atom is 0.220 e. The van der Waals surface area contributed by atoms with Crippen molar-refractivity contribution < 1.29 is 4.79 Å². The number of primary amides is 1. The summed E-state index contributed by atoms with van der Waals surface area (Å²) in [6, 6.07) is 0. The fourth-order valence-corrected chi connectivity index (χ4v) is 3.38. The van der Waals surface area contributed by atoms with Crippen LogP contribution < -0.4 is 11.1 Å². The molecule has 1 aliphatic heterocycles. The summed E-state index contributed by atoms with van der Waals surface area (Å²) in [6.07, 6.45) is 4.59. The third-order valence-electron chi connectivity index (χ3n) is 5.06. The summed E-state index contributed by atoms with van der Waals surface area (Å²) in [5, 5.41) is 8.72. The van der Waals surface area contributed by atoms with Gasteiger partial charge in [0.1, 0.15) is 11.6 Å². The summed E-state index contributed by atoms with van der Waals surface area (Å²) in [7, 11) is 1.90. The molecule has 1 saturated heterocycles. The normalized spacial score (nSPS) is 16.5. The lowest BCUT2D eigenvalue weighted by Gasteiger charge is -2.30. The van der Waals surface area contributed by atoms with Gasteiger partial charge in [-0.2, -0.15) is 5.10 Å². The molecule has 1 fully saturated rings. The van der Waals surface area contributed by atoms with Gasteiger partial charge in [-0.05, 0) is 38.9 Å². The van der Waals surface area contributed by atoms with Gasteiger partial charge in [-0.3, -0.25) is 9.48 Å². The molecular formula is C18H29N7O. The Morgan fingerprint density at radius 1 is 1.35 bits per heavy atom. The van der Waals surface area contributed by atoms with E-state index in [1.165, 1.54) is 0 Å². The van der Waals surface area contributed by atoms with E-state index >= 15 is 0 Å². The number of anilines is 1. The molecule has 3 rings (SSSR count). The van der Waals surface area contributed by atoms with Crippen LogP contribution in [0, 0.1) is 5.92 Å². The van der Waals surface area contributed by atoms with Crippen molar-refractivity contribution in [2.75, 3.05) is 31.5 Å². The highest BCUT2D eigenvalue weighted by molar-refractivity contribution is 5.86. The van der Waals surface area contributed by atoms with Crippen molar-refractivity contribution in [3.63, 3.8) is 0 Å². The van der Waals surface area contributed by atoms with Gasteiger partial charge in [0.05, 0.1) is 11.6 Å². The average Bonchev–Trinajstić information content (AvgIpc) is 3.00. The van der Waals surface area contributed by atoms with Crippen LogP contribution in [0.3, 0.4) is 0 Å². The summed E-state index contributed by atoms with van der Waals surface area (Å²) < 4.78 is 1.79. The first-order valence-electron chi connectivity index (χ1n) is 9.41. The Morgan fingerprint density at radius 3 is 2.73 bits per heavy atom. The topological polar surface area (TPSA) is 102 Å². The molecule has 0 bridgehead atoms. The van der Waals surface area contributed by atoms with Crippen LogP contribution in [-0.4, -0.2) is 56.7 Å². The summed E-state index contributed by atoms with van der Waals surface area (Å²) in [5.41, 5.74) is 6.25. The first-order chi connectivity index (χ1) is 12.5. The smallest absolute Gasteiger partial charge is 0.220 e. The zero-order chi connectivity index (χ0) is 18.7. The van der Waals surface area contributed by atoms with E-state index in [0.717, 1.165) is 68.1 Å². The van der Waals surface area contributed by atoms with E-state index in [1.54, 1.807) is 4.68 Å². The highest BCUT2D eigenvalue weighted by atomic mass is 16.1. The maximum absolute atomic E-state index is 11.2. The third kappa shape index (κ3) is 4.12. The summed E-state index contributed by atoms with van der Waals surface area (Å²) >= 11 is 0. The Labute approximate surface area is 154 Å². The minimum Gasteiger partial charge on any atom is -0.369 e. The number of aryl methyl sites for hydroxylation is 1. The zero-order valence-electron chi connectivity index (χ0n) is 15.9. The van der Waals surface area contributed by atoms with Crippen LogP contribution in [0.5, 0.6) is 0 Å². The van der Waals surface area contributed by atoms with Crippen LogP contribution in [-0.2, 0) is 11.8 Å². The number of piperidine rings is 1. The molecule has 26 heavy (non-hydrogen) atoms. The maximum atomic E-state index is 11.2. The van der Waals surface area contributed by atoms with E-state index in [2.05, 4.69) is 39.1 Å². The van der Waals surface area contributed by atoms with Crippen LogP contribution in [0.25, 0.3) is 11.0 Å². The van der Waals surface area contributed by atoms with E-state index in [9.17, 15) is 4.79 Å². The summed E-state index contributed by atoms with van der Waals surface area (Å²) in [6.45, 7) is 7.94. The number of amides is 1. The van der Waals surface area contributed by atoms with E-state index < -0.39 is 0 Å². The fraction of sp³-hybridized carbons (Fsp3) is 0.667. The van der Waals surface area contributed by atoms with Crippen LogP contribution in [0.15, 0.2) is 6.20 Å². The van der Waals surface area contributed by atoms with Crippen molar-refractivity contribution in [3.8, 4) is 0 Å². The van der Waals surface area contributed by atoms with Gasteiger partial charge < -0.3 is 16.0 Å². The van der Waals surface area contributed by atoms with Gasteiger partial charge in [0.2, 0.25) is 5.91 Å². The molecule has 1 aliphatic rings. The van der Waals surface area contributed by atoms with E-state index in [-0.39, 0.29) is 17.7 Å². The molecule has 0 atom stereocenters. The van der Waals surface area contributed by atoms with Gasteiger partial charge in [0.15, 0.2) is 5.65 Å². The molecular weight excluding hydrogens is 330 g/mol. The molecule has 1 amide bonds. The second kappa shape index (κ2) is 7.99. The number of nitrogens with two attached hydrogens (primary N) is 1. The number of likely N-dealkylation sites (tertiary alicyclic amines) is 1. The number of fused-ring (bicyclic) bond motifs is 1. The summed E-state index contributed by atoms with van der Waals surface area (Å²) in [4.78, 5) is 22.9. The van der Waals surface area contributed by atoms with Gasteiger partial charge >= 0.3 is 0 Å². The number of nitrogens with one attached hydrogen (secondary N) is 1. The number of carbonyl (C=O) groups excluding carboxylic acids is 1. The van der Waals surface area contributed by atoms with Gasteiger partial charge in [0, 0.05) is 25.4 Å². The Hall–Kier alpha value is -2.22. The Kier molecular flexibility index (Phi) is 5.70. The van der Waals surface area contributed by atoms with E-state index in [0.29, 0.717) is 0 Å². The van der Waals surface area contributed by atoms with Crippen LogP contribution in [0.4, 0.5) is 5.82 Å². The second-order valence-corrected chi connectivity index (χ2v) is 7.39. The Morgan fingerprint density at radius 2 is 2.08 bits per heavy atom. The van der Waals surface area contributed by atoms with Crippen LogP contribution in [0.1, 0.15) is 44.9 Å². The predicted octanol–water partition coefficient (Wildman–Crippen LogP) is 1.49. The van der Waals surface area contributed by atoms with Crippen molar-refractivity contribution in [2.45, 2.75) is 39.0 Å². The molecule has 0 aliphatic carbocycles. The fourth-order valence-electron chi connectivity index (χ4n) is 3.38. The third-order valence-corrected chi connectivity index (χ3v) is 5.06. The number of rotatable bonds is 7. The van der Waals surface area contributed by atoms with Crippen molar-refractivity contribution >= 4 is 22.8 Å². The molecule has 0 saturated carbocycles. The predicted molar refractivity (Wildman–Crippen MR) is 102 cm³/mol. The molecule has 0 unspecified atom stereocenters. The van der Waals surface area contributed by atoms with Crippen molar-refractivity contribution in [1.82, 2.24) is 24.6 Å². The molecule has 8 nitrogen and oxygen atoms in total. The lowest BCUT2D eigenvalue weighted by Crippen LogP contribution is -2.39. The molecule has 0 radical (unpaired) electrons. The number of carbonyl (C=O) groups is 1. The zero-order valence-corrected chi connectivity index (χ0v) is 15.9. The first-order valence-corrected chi connectivity index (χ1v) is 9.41. The van der Waals surface area contributed by atoms with Crippen LogP contribution in [0.2, 0.25) is 0 Å². The van der Waals surface area contributed by atoms with Gasteiger partial charge in [0.25, 0.3) is 0 Å². The van der Waals surface area contributed by atoms with Gasteiger partial charge in [-0.1, -0.05) is 13.8 Å². The molecule has 0 spiro atoms. The number of nitrogens with zero attached hydrogens (tertiary/aromatic N) is 5. The number of hydrogen-bond donors (Lipinski definition) is 2. The molecule has 3 N–H and O–H groups in total. The van der Waals surface area contributed by atoms with Crippen molar-refractivity contribution in [3.05, 3.63) is 12.0 Å². The van der Waals surface area contributed by atoms with Crippen molar-refractivity contribution in [1.29, 1.82) is 0 Å². The molecule has 2 aromatic heterocycles. The number of hydrogen-bond acceptors (Lipinski definition) is 6.